The van der Waals surface area contributed by atoms with E-state index in [1.807, 2.05) is 65.8 Å². The third-order valence-corrected chi connectivity index (χ3v) is 12.0. The molecule has 0 fully saturated rings. The van der Waals surface area contributed by atoms with Crippen molar-refractivity contribution in [3.63, 3.8) is 0 Å². The zero-order valence-corrected chi connectivity index (χ0v) is 39.4. The molecule has 20 heteroatoms. The second kappa shape index (κ2) is 24.6. The zero-order valence-electron chi connectivity index (χ0n) is 37.8. The fourth-order valence-electron chi connectivity index (χ4n) is 6.07. The highest BCUT2D eigenvalue weighted by molar-refractivity contribution is 7.99. The van der Waals surface area contributed by atoms with Crippen LogP contribution in [-0.4, -0.2) is 85.3 Å². The second-order valence-electron chi connectivity index (χ2n) is 17.2. The molecule has 3 aromatic carbocycles. The van der Waals surface area contributed by atoms with Crippen molar-refractivity contribution in [2.45, 2.75) is 99.9 Å². The average molecular weight is 921 g/mol. The molecule has 0 aliphatic heterocycles. The molecule has 0 aliphatic carbocycles. The number of carbonyl (C=O) groups excluding carboxylic acids is 4. The number of hydrogen-bond donors (Lipinski definition) is 12. The predicted molar refractivity (Wildman–Crippen MR) is 265 cm³/mol. The second-order valence-corrected chi connectivity index (χ2v) is 19.4. The Bertz CT molecular complexity index is 2010. The smallest absolute Gasteiger partial charge is 0.255 e. The van der Waals surface area contributed by atoms with E-state index in [1.165, 1.54) is 29.6 Å². The molecule has 20 N–H and O–H groups in total. The monoisotopic (exact) mass is 920 g/mol. The van der Waals surface area contributed by atoms with Gasteiger partial charge in [-0.1, -0.05) is 47.6 Å². The summed E-state index contributed by atoms with van der Waals surface area (Å²) < 4.78 is 0. The van der Waals surface area contributed by atoms with Crippen molar-refractivity contribution in [1.82, 2.24) is 0 Å². The highest BCUT2D eigenvalue weighted by Gasteiger charge is 2.26. The summed E-state index contributed by atoms with van der Waals surface area (Å²) >= 11 is 2.76. The Balaban J connectivity index is 1.99. The molecule has 0 unspecified atom stereocenters. The van der Waals surface area contributed by atoms with Crippen LogP contribution in [0.5, 0.6) is 0 Å². The van der Waals surface area contributed by atoms with Crippen molar-refractivity contribution in [2.24, 2.45) is 55.9 Å². The quantitative estimate of drug-likeness (QED) is 0.0297. The van der Waals surface area contributed by atoms with Gasteiger partial charge in [-0.05, 0) is 90.1 Å². The van der Waals surface area contributed by atoms with Gasteiger partial charge in [-0.15, -0.1) is 23.5 Å². The minimum atomic E-state index is -0.847. The van der Waals surface area contributed by atoms with Gasteiger partial charge in [0, 0.05) is 48.8 Å². The first-order valence-corrected chi connectivity index (χ1v) is 23.0. The maximum absolute atomic E-state index is 14.1. The molecule has 0 saturated carbocycles. The van der Waals surface area contributed by atoms with E-state index in [4.69, 9.17) is 45.9 Å². The molecular formula is C44H68N14O4S2. The number of carbonyl (C=O) groups is 4. The van der Waals surface area contributed by atoms with Gasteiger partial charge in [0.15, 0.2) is 11.9 Å². The summed E-state index contributed by atoms with van der Waals surface area (Å²) in [4.78, 5) is 64.1. The number of thioether (sulfide) groups is 2. The van der Waals surface area contributed by atoms with Crippen molar-refractivity contribution in [2.75, 3.05) is 59.0 Å². The number of anilines is 4. The van der Waals surface area contributed by atoms with Gasteiger partial charge in [0.05, 0.1) is 44.6 Å². The number of nitrogens with two attached hydrogens (primary N) is 8. The van der Waals surface area contributed by atoms with E-state index in [1.54, 1.807) is 18.2 Å². The largest absolute Gasteiger partial charge is 0.370 e. The maximum atomic E-state index is 14.1. The summed E-state index contributed by atoms with van der Waals surface area (Å²) in [6.45, 7) is 13.5. The van der Waals surface area contributed by atoms with Crippen molar-refractivity contribution in [3.8, 4) is 0 Å². The summed E-state index contributed by atoms with van der Waals surface area (Å²) in [5.41, 5.74) is 49.2. The highest BCUT2D eigenvalue weighted by atomic mass is 32.2. The lowest BCUT2D eigenvalue weighted by Crippen LogP contribution is -2.36. The minimum absolute atomic E-state index is 0.0363. The van der Waals surface area contributed by atoms with Gasteiger partial charge in [-0.25, -0.2) is 0 Å². The van der Waals surface area contributed by atoms with E-state index in [9.17, 15) is 19.2 Å². The predicted octanol–water partition coefficient (Wildman–Crippen LogP) is 3.53. The number of benzene rings is 3. The van der Waals surface area contributed by atoms with Crippen molar-refractivity contribution in [1.29, 1.82) is 0 Å². The number of rotatable bonds is 22. The standard InChI is InChI=1S/C44H68N14O4S2/c1-43(2,3)27-21-31(35(63-18-14-45)33(23-27)57-39(61)29(47)12-8-16-53-41(49)50)55-37(59)25-10-7-11-26(20-25)38(60)56-32-22-28(44(4,5)6)24-34(36(32)64-19-15-46)58-40(62)30(48)13-9-17-54-42(51)52/h7,10-11,20-24,29-30H,8-9,12-19,45-48H2,1-6H3,(H,55,59)(H,56,60)(H,57,61)(H,58,62)(H4,49,50,53)(H4,51,52,54)/t29-,30-/m1/s1. The lowest BCUT2D eigenvalue weighted by Gasteiger charge is -2.25. The molecule has 2 atom stereocenters. The van der Waals surface area contributed by atoms with Crippen LogP contribution < -0.4 is 67.1 Å². The van der Waals surface area contributed by atoms with Gasteiger partial charge in [-0.3, -0.25) is 29.2 Å². The fraction of sp³-hybridized carbons (Fsp3) is 0.455. The molecule has 0 aromatic heterocycles. The average Bonchev–Trinajstić information content (AvgIpc) is 3.22. The molecule has 0 saturated heterocycles. The Hall–Kier alpha value is -5.38. The van der Waals surface area contributed by atoms with Crippen LogP contribution >= 0.6 is 23.5 Å². The van der Waals surface area contributed by atoms with Crippen molar-refractivity contribution in [3.05, 3.63) is 70.8 Å². The first-order chi connectivity index (χ1) is 30.0. The summed E-state index contributed by atoms with van der Waals surface area (Å²) in [5, 5.41) is 12.0. The van der Waals surface area contributed by atoms with Crippen LogP contribution in [-0.2, 0) is 20.4 Å². The molecule has 0 spiro atoms. The Labute approximate surface area is 385 Å². The van der Waals surface area contributed by atoms with Gasteiger partial charge in [0.1, 0.15) is 0 Å². The number of hydrogen-bond acceptors (Lipinski definition) is 12. The first kappa shape index (κ1) is 53.0. The molecule has 0 heterocycles. The van der Waals surface area contributed by atoms with Crippen LogP contribution in [0.1, 0.15) is 99.1 Å². The van der Waals surface area contributed by atoms with Crippen molar-refractivity contribution < 1.29 is 19.2 Å². The van der Waals surface area contributed by atoms with Gasteiger partial charge >= 0.3 is 0 Å². The lowest BCUT2D eigenvalue weighted by atomic mass is 9.86. The normalized spacial score (nSPS) is 12.4. The van der Waals surface area contributed by atoms with E-state index in [2.05, 4.69) is 31.3 Å². The SMILES string of the molecule is CC(C)(C)c1cc(NC(=O)c2cccc(C(=O)Nc3cc(C(C)(C)C)cc(NC(=O)[C@H](N)CCCN=C(N)N)c3SCCN)c2)c(SCCN)c(NC(=O)[C@H](N)CCCN=C(N)N)c1. The van der Waals surface area contributed by atoms with E-state index in [-0.39, 0.29) is 33.9 Å². The fourth-order valence-corrected chi connectivity index (χ4v) is 7.78. The van der Waals surface area contributed by atoms with Crippen LogP contribution in [0.15, 0.2) is 68.3 Å². The molecule has 0 aliphatic rings. The van der Waals surface area contributed by atoms with Crippen molar-refractivity contribution >= 4 is 81.8 Å². The number of aliphatic imine (C=N–C) groups is 2. The number of nitrogens with one attached hydrogen (secondary N) is 4. The summed E-state index contributed by atoms with van der Waals surface area (Å²) in [6, 6.07) is 12.1. The lowest BCUT2D eigenvalue weighted by molar-refractivity contribution is -0.118. The molecule has 64 heavy (non-hydrogen) atoms. The molecule has 4 amide bonds. The molecular weight excluding hydrogens is 853 g/mol. The van der Waals surface area contributed by atoms with Gasteiger partial charge < -0.3 is 67.1 Å². The number of amides is 4. The van der Waals surface area contributed by atoms with Crippen LogP contribution in [0.4, 0.5) is 22.7 Å². The Morgan fingerprint density at radius 1 is 0.578 bits per heavy atom. The first-order valence-electron chi connectivity index (χ1n) is 21.0. The van der Waals surface area contributed by atoms with Crippen LogP contribution in [0.2, 0.25) is 0 Å². The minimum Gasteiger partial charge on any atom is -0.370 e. The topological polar surface area (TPSA) is 349 Å². The summed E-state index contributed by atoms with van der Waals surface area (Å²) in [6.07, 6.45) is 1.68. The number of nitrogens with zero attached hydrogens (tertiary/aromatic N) is 2. The zero-order chi connectivity index (χ0) is 47.8. The third-order valence-electron chi connectivity index (χ3n) is 9.65. The van der Waals surface area contributed by atoms with Gasteiger partial charge in [-0.2, -0.15) is 0 Å². The van der Waals surface area contributed by atoms with E-state index in [0.717, 1.165) is 11.1 Å². The molecule has 3 rings (SSSR count). The Kier molecular flexibility index (Phi) is 20.4. The molecule has 350 valence electrons. The molecule has 0 radical (unpaired) electrons. The van der Waals surface area contributed by atoms with Crippen LogP contribution in [0, 0.1) is 0 Å². The summed E-state index contributed by atoms with van der Waals surface area (Å²) in [5.74, 6) is -0.892. The van der Waals surface area contributed by atoms with E-state index < -0.39 is 35.7 Å². The third kappa shape index (κ3) is 16.6. The summed E-state index contributed by atoms with van der Waals surface area (Å²) in [7, 11) is 0. The Morgan fingerprint density at radius 3 is 1.23 bits per heavy atom. The number of guanidine groups is 2. The van der Waals surface area contributed by atoms with Gasteiger partial charge in [0.25, 0.3) is 11.8 Å². The van der Waals surface area contributed by atoms with Crippen LogP contribution in [0.3, 0.4) is 0 Å². The Morgan fingerprint density at radius 2 is 0.922 bits per heavy atom. The molecule has 0 bridgehead atoms. The van der Waals surface area contributed by atoms with E-state index in [0.29, 0.717) is 95.9 Å². The maximum Gasteiger partial charge on any atom is 0.255 e. The van der Waals surface area contributed by atoms with E-state index >= 15 is 0 Å². The molecule has 18 nitrogen and oxygen atoms in total. The van der Waals surface area contributed by atoms with Crippen LogP contribution in [0.25, 0.3) is 0 Å². The highest BCUT2D eigenvalue weighted by Crippen LogP contribution is 2.41. The van der Waals surface area contributed by atoms with Gasteiger partial charge in [0.2, 0.25) is 11.8 Å². The molecule has 3 aromatic rings.